The molecule has 1 aliphatic heterocycles. The topological polar surface area (TPSA) is 22.8 Å². The lowest BCUT2D eigenvalue weighted by atomic mass is 9.99. The van der Waals surface area contributed by atoms with Gasteiger partial charge in [-0.1, -0.05) is 91.1 Å². The SMILES string of the molecule is Cc1cc(-n2c3c(c4ccccc42)C=CCC=C3)ccc1-c1cnc2n1C1C=CC=CC(=C1)c1ccccc1-2. The van der Waals surface area contributed by atoms with Gasteiger partial charge in [0.05, 0.1) is 29.1 Å². The Morgan fingerprint density at radius 2 is 1.67 bits per heavy atom. The Morgan fingerprint density at radius 3 is 2.59 bits per heavy atom. The molecule has 3 heterocycles. The Labute approximate surface area is 228 Å². The second-order valence-electron chi connectivity index (χ2n) is 10.4. The molecule has 8 rings (SSSR count). The van der Waals surface area contributed by atoms with Gasteiger partial charge in [0.25, 0.3) is 0 Å². The Balaban J connectivity index is 1.31. The number of allylic oxidation sites excluding steroid dienone is 8. The largest absolute Gasteiger partial charge is 0.313 e. The molecule has 0 saturated carbocycles. The monoisotopic (exact) mass is 501 g/mol. The number of aromatic nitrogens is 3. The van der Waals surface area contributed by atoms with E-state index >= 15 is 0 Å². The smallest absolute Gasteiger partial charge is 0.141 e. The molecule has 2 aliphatic carbocycles. The number of fused-ring (bicyclic) bond motifs is 9. The lowest BCUT2D eigenvalue weighted by Gasteiger charge is -2.18. The number of rotatable bonds is 2. The van der Waals surface area contributed by atoms with Gasteiger partial charge in [0.1, 0.15) is 5.82 Å². The summed E-state index contributed by atoms with van der Waals surface area (Å²) in [5, 5.41) is 1.29. The van der Waals surface area contributed by atoms with Crippen molar-refractivity contribution in [3.63, 3.8) is 0 Å². The molecular weight excluding hydrogens is 474 g/mol. The van der Waals surface area contributed by atoms with Crippen molar-refractivity contribution in [1.82, 2.24) is 14.1 Å². The van der Waals surface area contributed by atoms with E-state index in [0.29, 0.717) is 0 Å². The van der Waals surface area contributed by atoms with Gasteiger partial charge in [-0.3, -0.25) is 0 Å². The first-order valence-electron chi connectivity index (χ1n) is 13.6. The van der Waals surface area contributed by atoms with Crippen LogP contribution in [0.15, 0.2) is 115 Å². The maximum atomic E-state index is 5.00. The molecule has 3 aromatic carbocycles. The fourth-order valence-corrected chi connectivity index (χ4v) is 6.38. The molecule has 2 bridgehead atoms. The Kier molecular flexibility index (Phi) is 4.86. The van der Waals surface area contributed by atoms with E-state index in [-0.39, 0.29) is 6.04 Å². The molecule has 0 spiro atoms. The molecule has 1 atom stereocenters. The summed E-state index contributed by atoms with van der Waals surface area (Å²) in [6, 6.07) is 24.3. The highest BCUT2D eigenvalue weighted by Gasteiger charge is 2.26. The molecule has 5 aromatic rings. The van der Waals surface area contributed by atoms with Crippen molar-refractivity contribution in [3.05, 3.63) is 138 Å². The molecule has 3 aliphatic rings. The lowest BCUT2D eigenvalue weighted by Crippen LogP contribution is -2.07. The summed E-state index contributed by atoms with van der Waals surface area (Å²) in [6.45, 7) is 2.22. The number of benzene rings is 3. The zero-order valence-corrected chi connectivity index (χ0v) is 21.8. The van der Waals surface area contributed by atoms with E-state index in [1.807, 2.05) is 6.20 Å². The Morgan fingerprint density at radius 1 is 0.821 bits per heavy atom. The van der Waals surface area contributed by atoms with E-state index in [9.17, 15) is 0 Å². The number of para-hydroxylation sites is 1. The fourth-order valence-electron chi connectivity index (χ4n) is 6.38. The van der Waals surface area contributed by atoms with Crippen LogP contribution in [0.2, 0.25) is 0 Å². The standard InChI is InChI=1S/C36H27N3/c1-24-21-27(38-33-17-4-2-3-14-30(33)31-15-9-10-18-34(31)38)19-20-28(24)35-23-37-36-32-16-8-7-13-29(32)25-11-5-6-12-26(22-25)39(35)36/h3-23,26H,2H2,1H3. The van der Waals surface area contributed by atoms with Crippen molar-refractivity contribution in [3.8, 4) is 28.3 Å². The van der Waals surface area contributed by atoms with Crippen LogP contribution in [0.3, 0.4) is 0 Å². The molecule has 0 N–H and O–H groups in total. The third-order valence-corrected chi connectivity index (χ3v) is 8.15. The summed E-state index contributed by atoms with van der Waals surface area (Å²) in [7, 11) is 0. The van der Waals surface area contributed by atoms with Gasteiger partial charge in [0.15, 0.2) is 0 Å². The predicted molar refractivity (Wildman–Crippen MR) is 163 cm³/mol. The molecular formula is C36H27N3. The first-order chi connectivity index (χ1) is 19.3. The summed E-state index contributed by atoms with van der Waals surface area (Å²) in [5.41, 5.74) is 12.1. The minimum atomic E-state index is 0.0927. The van der Waals surface area contributed by atoms with E-state index in [4.69, 9.17) is 4.98 Å². The van der Waals surface area contributed by atoms with Crippen LogP contribution >= 0.6 is 0 Å². The Hall–Kier alpha value is -4.89. The average Bonchev–Trinajstić information content (AvgIpc) is 3.24. The van der Waals surface area contributed by atoms with Crippen LogP contribution in [0.1, 0.15) is 34.8 Å². The van der Waals surface area contributed by atoms with Crippen LogP contribution in [-0.2, 0) is 0 Å². The van der Waals surface area contributed by atoms with Crippen LogP contribution in [0.5, 0.6) is 0 Å². The van der Waals surface area contributed by atoms with Gasteiger partial charge in [-0.05, 0) is 60.4 Å². The highest BCUT2D eigenvalue weighted by atomic mass is 15.1. The number of hydrogen-bond acceptors (Lipinski definition) is 1. The average molecular weight is 502 g/mol. The molecule has 0 radical (unpaired) electrons. The van der Waals surface area contributed by atoms with Gasteiger partial charge in [0.2, 0.25) is 0 Å². The van der Waals surface area contributed by atoms with E-state index < -0.39 is 0 Å². The van der Waals surface area contributed by atoms with E-state index in [1.54, 1.807) is 0 Å². The quantitative estimate of drug-likeness (QED) is 0.237. The maximum Gasteiger partial charge on any atom is 0.141 e. The van der Waals surface area contributed by atoms with Gasteiger partial charge in [-0.2, -0.15) is 0 Å². The number of hydrogen-bond donors (Lipinski definition) is 0. The molecule has 2 aromatic heterocycles. The summed E-state index contributed by atoms with van der Waals surface area (Å²) in [5.74, 6) is 1.01. The van der Waals surface area contributed by atoms with Gasteiger partial charge in [0, 0.05) is 27.8 Å². The molecule has 0 saturated heterocycles. The summed E-state index contributed by atoms with van der Waals surface area (Å²) < 4.78 is 4.79. The predicted octanol–water partition coefficient (Wildman–Crippen LogP) is 8.96. The van der Waals surface area contributed by atoms with Crippen molar-refractivity contribution in [2.24, 2.45) is 0 Å². The number of imidazole rings is 1. The zero-order chi connectivity index (χ0) is 25.9. The third-order valence-electron chi connectivity index (χ3n) is 8.15. The number of nitrogens with zero attached hydrogens (tertiary/aromatic N) is 3. The van der Waals surface area contributed by atoms with Gasteiger partial charge < -0.3 is 9.13 Å². The van der Waals surface area contributed by atoms with Crippen LogP contribution in [0, 0.1) is 6.92 Å². The number of aryl methyl sites for hydroxylation is 1. The fraction of sp³-hybridized carbons (Fsp3) is 0.0833. The second-order valence-corrected chi connectivity index (χ2v) is 10.4. The van der Waals surface area contributed by atoms with Gasteiger partial charge in [-0.25, -0.2) is 4.98 Å². The highest BCUT2D eigenvalue weighted by molar-refractivity contribution is 5.96. The van der Waals surface area contributed by atoms with Crippen LogP contribution in [0.25, 0.3) is 57.0 Å². The van der Waals surface area contributed by atoms with E-state index in [0.717, 1.165) is 17.9 Å². The summed E-state index contributed by atoms with van der Waals surface area (Å²) in [6.07, 6.45) is 23.1. The maximum absolute atomic E-state index is 5.00. The van der Waals surface area contributed by atoms with Crippen LogP contribution < -0.4 is 0 Å². The van der Waals surface area contributed by atoms with Crippen LogP contribution in [0.4, 0.5) is 0 Å². The van der Waals surface area contributed by atoms with E-state index in [2.05, 4.69) is 137 Å². The van der Waals surface area contributed by atoms with Crippen molar-refractivity contribution in [2.75, 3.05) is 0 Å². The van der Waals surface area contributed by atoms with Crippen molar-refractivity contribution in [1.29, 1.82) is 0 Å². The first kappa shape index (κ1) is 22.1. The van der Waals surface area contributed by atoms with Crippen LogP contribution in [-0.4, -0.2) is 14.1 Å². The van der Waals surface area contributed by atoms with Gasteiger partial charge >= 0.3 is 0 Å². The summed E-state index contributed by atoms with van der Waals surface area (Å²) in [4.78, 5) is 5.00. The molecule has 0 amide bonds. The molecule has 186 valence electrons. The molecule has 1 unspecified atom stereocenters. The highest BCUT2D eigenvalue weighted by Crippen LogP contribution is 2.41. The first-order valence-corrected chi connectivity index (χ1v) is 13.6. The molecule has 3 nitrogen and oxygen atoms in total. The van der Waals surface area contributed by atoms with Crippen molar-refractivity contribution in [2.45, 2.75) is 19.4 Å². The van der Waals surface area contributed by atoms with Gasteiger partial charge in [-0.15, -0.1) is 0 Å². The Bertz CT molecular complexity index is 1950. The normalized spacial score (nSPS) is 16.7. The molecule has 39 heavy (non-hydrogen) atoms. The third kappa shape index (κ3) is 3.33. The van der Waals surface area contributed by atoms with E-state index in [1.165, 1.54) is 55.7 Å². The minimum absolute atomic E-state index is 0.0927. The summed E-state index contributed by atoms with van der Waals surface area (Å²) >= 11 is 0. The van der Waals surface area contributed by atoms with Crippen molar-refractivity contribution < 1.29 is 0 Å². The lowest BCUT2D eigenvalue weighted by molar-refractivity contribution is 0.742. The molecule has 3 heteroatoms. The minimum Gasteiger partial charge on any atom is -0.313 e. The van der Waals surface area contributed by atoms with Crippen molar-refractivity contribution >= 4 is 28.6 Å². The zero-order valence-electron chi connectivity index (χ0n) is 21.8. The second kappa shape index (κ2) is 8.57. The molecule has 0 fully saturated rings.